The number of nitrogens with zero attached hydrogens (tertiary/aromatic N) is 3. The number of rotatable bonds is 4. The summed E-state index contributed by atoms with van der Waals surface area (Å²) in [5, 5.41) is 4.57. The third kappa shape index (κ3) is 4.77. The van der Waals surface area contributed by atoms with Gasteiger partial charge in [0.15, 0.2) is 6.61 Å². The van der Waals surface area contributed by atoms with E-state index < -0.39 is 0 Å². The van der Waals surface area contributed by atoms with Crippen molar-refractivity contribution in [2.75, 3.05) is 19.7 Å². The Labute approximate surface area is 163 Å². The van der Waals surface area contributed by atoms with E-state index in [1.165, 1.54) is 24.3 Å². The minimum atomic E-state index is -0.347. The number of benzene rings is 1. The van der Waals surface area contributed by atoms with Gasteiger partial charge in [-0.1, -0.05) is 20.8 Å². The highest BCUT2D eigenvalue weighted by molar-refractivity contribution is 5.77. The molecule has 1 saturated heterocycles. The van der Waals surface area contributed by atoms with E-state index in [1.54, 1.807) is 21.7 Å². The van der Waals surface area contributed by atoms with E-state index in [0.29, 0.717) is 31.7 Å². The van der Waals surface area contributed by atoms with E-state index in [2.05, 4.69) is 25.9 Å². The van der Waals surface area contributed by atoms with Crippen molar-refractivity contribution < 1.29 is 13.9 Å². The summed E-state index contributed by atoms with van der Waals surface area (Å²) in [7, 11) is 0. The van der Waals surface area contributed by atoms with Crippen molar-refractivity contribution in [2.24, 2.45) is 0 Å². The lowest BCUT2D eigenvalue weighted by Gasteiger charge is -2.32. The summed E-state index contributed by atoms with van der Waals surface area (Å²) in [6, 6.07) is 8.91. The maximum atomic E-state index is 12.9. The predicted octanol–water partition coefficient (Wildman–Crippen LogP) is 2.92. The topological polar surface area (TPSA) is 64.4 Å². The Hall–Kier alpha value is -2.70. The molecule has 6 nitrogen and oxygen atoms in total. The van der Waals surface area contributed by atoms with Gasteiger partial charge in [-0.05, 0) is 43.2 Å². The minimum Gasteiger partial charge on any atom is -0.484 e. The fraction of sp³-hybridized carbons (Fsp3) is 0.476. The molecule has 3 rings (SSSR count). The van der Waals surface area contributed by atoms with E-state index in [4.69, 9.17) is 4.74 Å². The molecule has 1 fully saturated rings. The van der Waals surface area contributed by atoms with Gasteiger partial charge >= 0.3 is 0 Å². The molecule has 0 radical (unpaired) electrons. The Balaban J connectivity index is 1.57. The molecule has 2 aromatic rings. The lowest BCUT2D eigenvalue weighted by atomic mass is 9.92. The summed E-state index contributed by atoms with van der Waals surface area (Å²) >= 11 is 0. The lowest BCUT2D eigenvalue weighted by molar-refractivity contribution is -0.134. The van der Waals surface area contributed by atoms with Crippen LogP contribution in [0, 0.1) is 5.82 Å². The van der Waals surface area contributed by atoms with Gasteiger partial charge in [0.2, 0.25) is 0 Å². The van der Waals surface area contributed by atoms with Crippen LogP contribution < -0.4 is 10.3 Å². The molecule has 1 aromatic carbocycles. The zero-order chi connectivity index (χ0) is 20.3. The molecule has 1 aliphatic rings. The summed E-state index contributed by atoms with van der Waals surface area (Å²) < 4.78 is 19.9. The molecule has 0 saturated carbocycles. The highest BCUT2D eigenvalue weighted by atomic mass is 19.1. The second-order valence-corrected chi connectivity index (χ2v) is 8.11. The molecule has 0 unspecified atom stereocenters. The first-order chi connectivity index (χ1) is 13.2. The van der Waals surface area contributed by atoms with Gasteiger partial charge in [0.05, 0.1) is 11.7 Å². The van der Waals surface area contributed by atoms with Gasteiger partial charge in [0.1, 0.15) is 11.6 Å². The highest BCUT2D eigenvalue weighted by Crippen LogP contribution is 2.23. The number of hydrogen-bond donors (Lipinski definition) is 0. The number of hydrogen-bond acceptors (Lipinski definition) is 4. The van der Waals surface area contributed by atoms with Gasteiger partial charge < -0.3 is 9.64 Å². The zero-order valence-electron chi connectivity index (χ0n) is 16.5. The van der Waals surface area contributed by atoms with Gasteiger partial charge in [0.25, 0.3) is 11.5 Å². The molecule has 0 bridgehead atoms. The number of aromatic nitrogens is 2. The second kappa shape index (κ2) is 8.12. The first kappa shape index (κ1) is 20.0. The minimum absolute atomic E-state index is 0.0168. The maximum absolute atomic E-state index is 12.9. The summed E-state index contributed by atoms with van der Waals surface area (Å²) in [6.45, 7) is 7.19. The number of carbonyl (C=O) groups excluding carboxylic acids is 1. The SMILES string of the molecule is CC(C)(C)c1ccc(=O)n(C2CCN(C(=O)COc3ccc(F)cc3)CC2)n1. The van der Waals surface area contributed by atoms with Crippen LogP contribution in [-0.2, 0) is 10.2 Å². The molecule has 7 heteroatoms. The number of ether oxygens (including phenoxy) is 1. The summed E-state index contributed by atoms with van der Waals surface area (Å²) in [6.07, 6.45) is 1.34. The molecule has 0 aliphatic carbocycles. The Morgan fingerprint density at radius 1 is 1.14 bits per heavy atom. The van der Waals surface area contributed by atoms with Crippen molar-refractivity contribution in [3.63, 3.8) is 0 Å². The monoisotopic (exact) mass is 387 g/mol. The molecule has 1 aromatic heterocycles. The Kier molecular flexibility index (Phi) is 5.82. The molecule has 28 heavy (non-hydrogen) atoms. The third-order valence-electron chi connectivity index (χ3n) is 4.93. The number of carbonyl (C=O) groups is 1. The van der Waals surface area contributed by atoms with Gasteiger partial charge in [-0.2, -0.15) is 5.10 Å². The smallest absolute Gasteiger partial charge is 0.267 e. The fourth-order valence-corrected chi connectivity index (χ4v) is 3.21. The van der Waals surface area contributed by atoms with Crippen LogP contribution in [0.15, 0.2) is 41.2 Å². The van der Waals surface area contributed by atoms with E-state index in [-0.39, 0.29) is 35.3 Å². The van der Waals surface area contributed by atoms with Crippen LogP contribution in [0.4, 0.5) is 4.39 Å². The van der Waals surface area contributed by atoms with Crippen molar-refractivity contribution in [3.8, 4) is 5.75 Å². The quantitative estimate of drug-likeness (QED) is 0.809. The molecule has 0 spiro atoms. The normalized spacial score (nSPS) is 15.5. The second-order valence-electron chi connectivity index (χ2n) is 8.11. The Morgan fingerprint density at radius 3 is 2.39 bits per heavy atom. The van der Waals surface area contributed by atoms with Crippen molar-refractivity contribution >= 4 is 5.91 Å². The summed E-state index contributed by atoms with van der Waals surface area (Å²) in [5.41, 5.74) is 0.625. The highest BCUT2D eigenvalue weighted by Gasteiger charge is 2.26. The van der Waals surface area contributed by atoms with Crippen LogP contribution in [0.5, 0.6) is 5.75 Å². The molecular formula is C21H26FN3O3. The predicted molar refractivity (Wildman–Crippen MR) is 104 cm³/mol. The zero-order valence-corrected chi connectivity index (χ0v) is 16.5. The average Bonchev–Trinajstić information content (AvgIpc) is 2.67. The van der Waals surface area contributed by atoms with Gasteiger partial charge in [-0.15, -0.1) is 0 Å². The molecule has 1 aliphatic heterocycles. The van der Waals surface area contributed by atoms with Crippen molar-refractivity contribution in [1.82, 2.24) is 14.7 Å². The molecule has 0 atom stereocenters. The number of amides is 1. The molecule has 0 N–H and O–H groups in total. The van der Waals surface area contributed by atoms with Gasteiger partial charge in [-0.25, -0.2) is 9.07 Å². The summed E-state index contributed by atoms with van der Waals surface area (Å²) in [4.78, 5) is 26.4. The van der Waals surface area contributed by atoms with Crippen LogP contribution >= 0.6 is 0 Å². The van der Waals surface area contributed by atoms with E-state index in [0.717, 1.165) is 5.69 Å². The lowest BCUT2D eigenvalue weighted by Crippen LogP contribution is -2.43. The fourth-order valence-electron chi connectivity index (χ4n) is 3.21. The first-order valence-corrected chi connectivity index (χ1v) is 9.50. The van der Waals surface area contributed by atoms with Crippen LogP contribution in [0.1, 0.15) is 45.3 Å². The average molecular weight is 387 g/mol. The number of likely N-dealkylation sites (tertiary alicyclic amines) is 1. The summed E-state index contributed by atoms with van der Waals surface area (Å²) in [5.74, 6) is -0.00830. The number of piperidine rings is 1. The molecule has 150 valence electrons. The Bertz CT molecular complexity index is 879. The van der Waals surface area contributed by atoms with Crippen molar-refractivity contribution in [3.05, 3.63) is 58.3 Å². The molecule has 2 heterocycles. The van der Waals surface area contributed by atoms with Crippen molar-refractivity contribution in [1.29, 1.82) is 0 Å². The van der Waals surface area contributed by atoms with Crippen LogP contribution in [0.3, 0.4) is 0 Å². The van der Waals surface area contributed by atoms with Crippen LogP contribution in [0.2, 0.25) is 0 Å². The van der Waals surface area contributed by atoms with E-state index in [1.807, 2.05) is 0 Å². The van der Waals surface area contributed by atoms with Crippen molar-refractivity contribution in [2.45, 2.75) is 45.1 Å². The van der Waals surface area contributed by atoms with E-state index in [9.17, 15) is 14.0 Å². The van der Waals surface area contributed by atoms with Gasteiger partial charge in [-0.3, -0.25) is 9.59 Å². The largest absolute Gasteiger partial charge is 0.484 e. The maximum Gasteiger partial charge on any atom is 0.267 e. The Morgan fingerprint density at radius 2 is 1.79 bits per heavy atom. The van der Waals surface area contributed by atoms with Gasteiger partial charge in [0, 0.05) is 24.6 Å². The van der Waals surface area contributed by atoms with Crippen LogP contribution in [-0.4, -0.2) is 40.3 Å². The number of halogens is 1. The standard InChI is InChI=1S/C21H26FN3O3/c1-21(2,3)18-8-9-19(26)25(23-18)16-10-12-24(13-11-16)20(27)14-28-17-6-4-15(22)5-7-17/h4-9,16H,10-14H2,1-3H3. The van der Waals surface area contributed by atoms with Crippen LogP contribution in [0.25, 0.3) is 0 Å². The third-order valence-corrected chi connectivity index (χ3v) is 4.93. The first-order valence-electron chi connectivity index (χ1n) is 9.50. The molecular weight excluding hydrogens is 361 g/mol. The van der Waals surface area contributed by atoms with E-state index >= 15 is 0 Å². The molecule has 1 amide bonds.